The van der Waals surface area contributed by atoms with E-state index in [0.717, 1.165) is 12.0 Å². The Labute approximate surface area is 84.0 Å². The van der Waals surface area contributed by atoms with Crippen LogP contribution in [-0.4, -0.2) is 4.89 Å². The molecule has 1 atom stereocenters. The summed E-state index contributed by atoms with van der Waals surface area (Å²) in [5, 5.41) is 0. The first-order valence-electron chi connectivity index (χ1n) is 4.40. The predicted molar refractivity (Wildman–Crippen MR) is 57.6 cm³/mol. The molecular formula is C10H13O3P. The van der Waals surface area contributed by atoms with Crippen molar-refractivity contribution in [2.45, 2.75) is 13.3 Å². The maximum Gasteiger partial charge on any atom is 0.365 e. The second kappa shape index (κ2) is 5.63. The highest BCUT2D eigenvalue weighted by atomic mass is 31.1. The Bertz CT molecular complexity index is 347. The summed E-state index contributed by atoms with van der Waals surface area (Å²) in [6, 6.07) is 7.14. The van der Waals surface area contributed by atoms with Gasteiger partial charge in [0.25, 0.3) is 0 Å². The van der Waals surface area contributed by atoms with E-state index in [9.17, 15) is 4.57 Å². The SMILES string of the molecule is CCC=Cc1ccccc1O[PH](=O)O. The zero-order valence-corrected chi connectivity index (χ0v) is 8.93. The molecule has 0 bridgehead atoms. The van der Waals surface area contributed by atoms with Crippen molar-refractivity contribution in [1.29, 1.82) is 0 Å². The van der Waals surface area contributed by atoms with Crippen LogP contribution in [0.3, 0.4) is 0 Å². The molecule has 76 valence electrons. The minimum absolute atomic E-state index is 0.448. The van der Waals surface area contributed by atoms with Gasteiger partial charge in [0.1, 0.15) is 5.75 Å². The van der Waals surface area contributed by atoms with Gasteiger partial charge in [-0.2, -0.15) is 0 Å². The number of para-hydroxylation sites is 1. The first-order chi connectivity index (χ1) is 6.74. The summed E-state index contributed by atoms with van der Waals surface area (Å²) >= 11 is 0. The number of rotatable bonds is 4. The predicted octanol–water partition coefficient (Wildman–Crippen LogP) is 2.87. The second-order valence-corrected chi connectivity index (χ2v) is 3.45. The average molecular weight is 212 g/mol. The van der Waals surface area contributed by atoms with Gasteiger partial charge in [-0.05, 0) is 12.5 Å². The molecular weight excluding hydrogens is 199 g/mol. The molecule has 0 aliphatic rings. The van der Waals surface area contributed by atoms with Gasteiger partial charge in [0.15, 0.2) is 0 Å². The topological polar surface area (TPSA) is 46.5 Å². The summed E-state index contributed by atoms with van der Waals surface area (Å²) in [7, 11) is -2.92. The summed E-state index contributed by atoms with van der Waals surface area (Å²) in [6.07, 6.45) is 4.76. The maximum atomic E-state index is 10.5. The molecule has 0 heterocycles. The van der Waals surface area contributed by atoms with Gasteiger partial charge in [0.05, 0.1) is 0 Å². The Balaban J connectivity index is 2.90. The maximum absolute atomic E-state index is 10.5. The van der Waals surface area contributed by atoms with E-state index in [-0.39, 0.29) is 0 Å². The fourth-order valence-electron chi connectivity index (χ4n) is 1.05. The molecule has 1 N–H and O–H groups in total. The van der Waals surface area contributed by atoms with E-state index >= 15 is 0 Å². The third-order valence-corrected chi connectivity index (χ3v) is 2.04. The zero-order chi connectivity index (χ0) is 10.4. The zero-order valence-electron chi connectivity index (χ0n) is 7.93. The summed E-state index contributed by atoms with van der Waals surface area (Å²) in [4.78, 5) is 8.66. The summed E-state index contributed by atoms with van der Waals surface area (Å²) in [5.74, 6) is 0.448. The third kappa shape index (κ3) is 3.36. The van der Waals surface area contributed by atoms with E-state index in [0.29, 0.717) is 5.75 Å². The van der Waals surface area contributed by atoms with E-state index in [1.807, 2.05) is 31.2 Å². The fraction of sp³-hybridized carbons (Fsp3) is 0.200. The molecule has 1 aromatic rings. The van der Waals surface area contributed by atoms with Gasteiger partial charge in [-0.25, -0.2) is 4.57 Å². The molecule has 1 rings (SSSR count). The van der Waals surface area contributed by atoms with E-state index in [4.69, 9.17) is 9.42 Å². The molecule has 0 fully saturated rings. The van der Waals surface area contributed by atoms with Crippen molar-refractivity contribution in [3.8, 4) is 5.75 Å². The van der Waals surface area contributed by atoms with Gasteiger partial charge in [-0.3, -0.25) is 0 Å². The van der Waals surface area contributed by atoms with Gasteiger partial charge in [-0.1, -0.05) is 37.3 Å². The van der Waals surface area contributed by atoms with Gasteiger partial charge >= 0.3 is 8.25 Å². The third-order valence-electron chi connectivity index (χ3n) is 1.65. The highest BCUT2D eigenvalue weighted by Gasteiger charge is 2.01. The van der Waals surface area contributed by atoms with Gasteiger partial charge < -0.3 is 9.42 Å². The lowest BCUT2D eigenvalue weighted by Gasteiger charge is -2.04. The number of allylic oxidation sites excluding steroid dienone is 1. The molecule has 14 heavy (non-hydrogen) atoms. The standard InChI is InChI=1S/C10H13O3P/c1-2-3-6-9-7-4-5-8-10(9)13-14(11)12/h3-8,14H,2H2,1H3,(H,11,12). The molecule has 0 aliphatic carbocycles. The molecule has 1 unspecified atom stereocenters. The van der Waals surface area contributed by atoms with Crippen LogP contribution in [0, 0.1) is 0 Å². The van der Waals surface area contributed by atoms with Crippen LogP contribution in [0.25, 0.3) is 6.08 Å². The molecule has 0 spiro atoms. The smallest absolute Gasteiger partial charge is 0.365 e. The summed E-state index contributed by atoms with van der Waals surface area (Å²) < 4.78 is 15.3. The Morgan fingerprint density at radius 3 is 2.86 bits per heavy atom. The molecule has 0 aromatic heterocycles. The summed E-state index contributed by atoms with van der Waals surface area (Å²) in [6.45, 7) is 2.02. The van der Waals surface area contributed by atoms with Crippen LogP contribution in [0.4, 0.5) is 0 Å². The van der Waals surface area contributed by atoms with Gasteiger partial charge in [0, 0.05) is 5.56 Å². The van der Waals surface area contributed by atoms with Crippen LogP contribution in [0.2, 0.25) is 0 Å². The first kappa shape index (κ1) is 11.0. The molecule has 0 aliphatic heterocycles. The summed E-state index contributed by atoms with van der Waals surface area (Å²) in [5.41, 5.74) is 0.821. The monoisotopic (exact) mass is 212 g/mol. The molecule has 0 saturated carbocycles. The second-order valence-electron chi connectivity index (χ2n) is 2.72. The van der Waals surface area contributed by atoms with Crippen LogP contribution in [0.15, 0.2) is 30.3 Å². The van der Waals surface area contributed by atoms with Crippen molar-refractivity contribution in [1.82, 2.24) is 0 Å². The van der Waals surface area contributed by atoms with Crippen molar-refractivity contribution in [2.75, 3.05) is 0 Å². The molecule has 0 saturated heterocycles. The van der Waals surface area contributed by atoms with Crippen molar-refractivity contribution >= 4 is 14.3 Å². The van der Waals surface area contributed by atoms with Gasteiger partial charge in [0.2, 0.25) is 0 Å². The minimum atomic E-state index is -2.92. The van der Waals surface area contributed by atoms with Crippen LogP contribution in [-0.2, 0) is 4.57 Å². The Kier molecular flexibility index (Phi) is 4.44. The molecule has 4 heteroatoms. The number of hydrogen-bond donors (Lipinski definition) is 1. The van der Waals surface area contributed by atoms with Crippen molar-refractivity contribution in [2.24, 2.45) is 0 Å². The lowest BCUT2D eigenvalue weighted by atomic mass is 10.2. The van der Waals surface area contributed by atoms with E-state index in [2.05, 4.69) is 0 Å². The van der Waals surface area contributed by atoms with Crippen molar-refractivity contribution in [3.63, 3.8) is 0 Å². The van der Waals surface area contributed by atoms with Crippen molar-refractivity contribution in [3.05, 3.63) is 35.9 Å². The Morgan fingerprint density at radius 1 is 1.50 bits per heavy atom. The lowest BCUT2D eigenvalue weighted by Crippen LogP contribution is -1.83. The number of benzene rings is 1. The van der Waals surface area contributed by atoms with E-state index in [1.165, 1.54) is 0 Å². The molecule has 0 radical (unpaired) electrons. The van der Waals surface area contributed by atoms with Crippen molar-refractivity contribution < 1.29 is 14.0 Å². The normalized spacial score (nSPS) is 13.0. The Morgan fingerprint density at radius 2 is 2.21 bits per heavy atom. The van der Waals surface area contributed by atoms with Crippen LogP contribution < -0.4 is 4.52 Å². The fourth-order valence-corrected chi connectivity index (χ4v) is 1.42. The van der Waals surface area contributed by atoms with Crippen LogP contribution in [0.5, 0.6) is 5.75 Å². The highest BCUT2D eigenvalue weighted by Crippen LogP contribution is 2.27. The highest BCUT2D eigenvalue weighted by molar-refractivity contribution is 7.32. The van der Waals surface area contributed by atoms with Crippen LogP contribution in [0.1, 0.15) is 18.9 Å². The average Bonchev–Trinajstić information content (AvgIpc) is 2.16. The lowest BCUT2D eigenvalue weighted by molar-refractivity contribution is 0.410. The first-order valence-corrected chi connectivity index (χ1v) is 5.66. The molecule has 0 amide bonds. The van der Waals surface area contributed by atoms with Gasteiger partial charge in [-0.15, -0.1) is 0 Å². The Hall–Kier alpha value is -1.05. The number of hydrogen-bond acceptors (Lipinski definition) is 2. The van der Waals surface area contributed by atoms with E-state index in [1.54, 1.807) is 12.1 Å². The van der Waals surface area contributed by atoms with E-state index < -0.39 is 8.25 Å². The molecule has 3 nitrogen and oxygen atoms in total. The quantitative estimate of drug-likeness (QED) is 0.780. The van der Waals surface area contributed by atoms with Crippen LogP contribution >= 0.6 is 8.25 Å². The molecule has 1 aromatic carbocycles. The largest absolute Gasteiger partial charge is 0.426 e. The minimum Gasteiger partial charge on any atom is -0.426 e.